The van der Waals surface area contributed by atoms with E-state index in [1.165, 1.54) is 0 Å². The van der Waals surface area contributed by atoms with E-state index in [-0.39, 0.29) is 24.4 Å². The summed E-state index contributed by atoms with van der Waals surface area (Å²) in [6.07, 6.45) is 0.201. The molecule has 1 saturated heterocycles. The average Bonchev–Trinajstić information content (AvgIpc) is 2.54. The number of piperazine rings is 1. The summed E-state index contributed by atoms with van der Waals surface area (Å²) in [5.41, 5.74) is 2.26. The summed E-state index contributed by atoms with van der Waals surface area (Å²) in [6, 6.07) is 8.52. The number of benzene rings is 1. The largest absolute Gasteiger partial charge is 0.374 e. The molecule has 0 saturated carbocycles. The predicted molar refractivity (Wildman–Crippen MR) is 99.4 cm³/mol. The lowest BCUT2D eigenvalue weighted by Gasteiger charge is -2.33. The number of nitrogens with one attached hydrogen (secondary N) is 2. The molecule has 0 radical (unpaired) electrons. The third-order valence-electron chi connectivity index (χ3n) is 4.15. The molecule has 1 aliphatic heterocycles. The van der Waals surface area contributed by atoms with Gasteiger partial charge in [-0.1, -0.05) is 24.3 Å². The standard InChI is InChI=1S/C18H29N3O2.ClH/c1-14(2)23-13-17-7-5-4-6-16(17)11-20-18(22)12-21-9-8-19-10-15(21)3;/h4-7,14-15,19H,8-13H2,1-3H3,(H,20,22);1H/t15-;/m1./s1. The van der Waals surface area contributed by atoms with E-state index in [2.05, 4.69) is 28.5 Å². The van der Waals surface area contributed by atoms with Crippen molar-refractivity contribution in [3.63, 3.8) is 0 Å². The van der Waals surface area contributed by atoms with Gasteiger partial charge in [-0.05, 0) is 31.9 Å². The van der Waals surface area contributed by atoms with Crippen LogP contribution in [0.25, 0.3) is 0 Å². The molecule has 1 aromatic rings. The maximum atomic E-state index is 12.2. The van der Waals surface area contributed by atoms with Gasteiger partial charge in [-0.25, -0.2) is 0 Å². The quantitative estimate of drug-likeness (QED) is 0.785. The second kappa shape index (κ2) is 10.7. The van der Waals surface area contributed by atoms with Crippen molar-refractivity contribution in [3.05, 3.63) is 35.4 Å². The summed E-state index contributed by atoms with van der Waals surface area (Å²) in [7, 11) is 0. The van der Waals surface area contributed by atoms with Crippen LogP contribution in [-0.2, 0) is 22.7 Å². The summed E-state index contributed by atoms with van der Waals surface area (Å²) in [5.74, 6) is 0.0818. The van der Waals surface area contributed by atoms with E-state index in [9.17, 15) is 4.79 Å². The number of hydrogen-bond donors (Lipinski definition) is 2. The molecule has 1 atom stereocenters. The zero-order valence-corrected chi connectivity index (χ0v) is 15.7. The fourth-order valence-corrected chi connectivity index (χ4v) is 2.68. The highest BCUT2D eigenvalue weighted by Gasteiger charge is 2.20. The number of carbonyl (C=O) groups excluding carboxylic acids is 1. The van der Waals surface area contributed by atoms with Crippen LogP contribution in [0.3, 0.4) is 0 Å². The van der Waals surface area contributed by atoms with Gasteiger partial charge >= 0.3 is 0 Å². The summed E-state index contributed by atoms with van der Waals surface area (Å²) >= 11 is 0. The van der Waals surface area contributed by atoms with Crippen molar-refractivity contribution in [2.24, 2.45) is 0 Å². The first-order valence-corrected chi connectivity index (χ1v) is 8.46. The van der Waals surface area contributed by atoms with Gasteiger partial charge < -0.3 is 15.4 Å². The average molecular weight is 356 g/mol. The summed E-state index contributed by atoms with van der Waals surface area (Å²) in [6.45, 7) is 10.6. The molecule has 0 unspecified atom stereocenters. The molecule has 1 aliphatic rings. The van der Waals surface area contributed by atoms with Crippen molar-refractivity contribution < 1.29 is 9.53 Å². The molecule has 0 aromatic heterocycles. The van der Waals surface area contributed by atoms with E-state index in [1.807, 2.05) is 32.0 Å². The summed E-state index contributed by atoms with van der Waals surface area (Å²) in [4.78, 5) is 14.4. The summed E-state index contributed by atoms with van der Waals surface area (Å²) in [5, 5.41) is 6.38. The van der Waals surface area contributed by atoms with Crippen molar-refractivity contribution in [3.8, 4) is 0 Å². The van der Waals surface area contributed by atoms with Gasteiger partial charge in [0.2, 0.25) is 5.91 Å². The predicted octanol–water partition coefficient (Wildman–Crippen LogP) is 1.94. The van der Waals surface area contributed by atoms with E-state index in [0.717, 1.165) is 30.8 Å². The third kappa shape index (κ3) is 6.77. The first kappa shape index (κ1) is 20.9. The van der Waals surface area contributed by atoms with Gasteiger partial charge in [0.15, 0.2) is 0 Å². The fourth-order valence-electron chi connectivity index (χ4n) is 2.68. The molecule has 6 heteroatoms. The maximum Gasteiger partial charge on any atom is 0.234 e. The second-order valence-corrected chi connectivity index (χ2v) is 6.43. The Morgan fingerprint density at radius 1 is 1.38 bits per heavy atom. The number of carbonyl (C=O) groups is 1. The Bertz CT molecular complexity index is 511. The third-order valence-corrected chi connectivity index (χ3v) is 4.15. The van der Waals surface area contributed by atoms with Gasteiger partial charge in [0.05, 0.1) is 19.3 Å². The normalized spacial score (nSPS) is 18.2. The Morgan fingerprint density at radius 3 is 2.75 bits per heavy atom. The van der Waals surface area contributed by atoms with Crippen molar-refractivity contribution >= 4 is 18.3 Å². The molecule has 0 bridgehead atoms. The van der Waals surface area contributed by atoms with E-state index in [4.69, 9.17) is 4.74 Å². The number of amides is 1. The van der Waals surface area contributed by atoms with Crippen molar-refractivity contribution in [2.45, 2.75) is 46.1 Å². The van der Waals surface area contributed by atoms with Crippen LogP contribution in [0.5, 0.6) is 0 Å². The summed E-state index contributed by atoms with van der Waals surface area (Å²) < 4.78 is 5.68. The number of halogens is 1. The minimum absolute atomic E-state index is 0. The lowest BCUT2D eigenvalue weighted by atomic mass is 10.1. The molecule has 0 aliphatic carbocycles. The molecule has 5 nitrogen and oxygen atoms in total. The lowest BCUT2D eigenvalue weighted by molar-refractivity contribution is -0.123. The smallest absolute Gasteiger partial charge is 0.234 e. The van der Waals surface area contributed by atoms with Crippen LogP contribution in [0.15, 0.2) is 24.3 Å². The molecular weight excluding hydrogens is 326 g/mol. The van der Waals surface area contributed by atoms with Crippen molar-refractivity contribution in [1.82, 2.24) is 15.5 Å². The van der Waals surface area contributed by atoms with Gasteiger partial charge in [0.1, 0.15) is 0 Å². The number of hydrogen-bond acceptors (Lipinski definition) is 4. The molecule has 2 N–H and O–H groups in total. The van der Waals surface area contributed by atoms with Crippen molar-refractivity contribution in [1.29, 1.82) is 0 Å². The van der Waals surface area contributed by atoms with Crippen LogP contribution in [0.4, 0.5) is 0 Å². The molecule has 136 valence electrons. The van der Waals surface area contributed by atoms with Crippen LogP contribution in [0, 0.1) is 0 Å². The highest BCUT2D eigenvalue weighted by atomic mass is 35.5. The van der Waals surface area contributed by atoms with E-state index < -0.39 is 0 Å². The van der Waals surface area contributed by atoms with Crippen LogP contribution in [0.1, 0.15) is 31.9 Å². The first-order chi connectivity index (χ1) is 11.1. The molecule has 1 amide bonds. The van der Waals surface area contributed by atoms with Gasteiger partial charge in [-0.3, -0.25) is 9.69 Å². The zero-order chi connectivity index (χ0) is 16.7. The Morgan fingerprint density at radius 2 is 2.08 bits per heavy atom. The minimum atomic E-state index is 0. The highest BCUT2D eigenvalue weighted by molar-refractivity contribution is 5.85. The number of nitrogens with zero attached hydrogens (tertiary/aromatic N) is 1. The molecule has 0 spiro atoms. The van der Waals surface area contributed by atoms with Crippen LogP contribution in [0.2, 0.25) is 0 Å². The second-order valence-electron chi connectivity index (χ2n) is 6.43. The highest BCUT2D eigenvalue weighted by Crippen LogP contribution is 2.11. The molecule has 1 heterocycles. The van der Waals surface area contributed by atoms with Gasteiger partial charge in [-0.2, -0.15) is 0 Å². The van der Waals surface area contributed by atoms with Gasteiger partial charge in [-0.15, -0.1) is 12.4 Å². The van der Waals surface area contributed by atoms with Gasteiger partial charge in [0.25, 0.3) is 0 Å². The van der Waals surface area contributed by atoms with Crippen molar-refractivity contribution in [2.75, 3.05) is 26.2 Å². The van der Waals surface area contributed by atoms with Crippen LogP contribution < -0.4 is 10.6 Å². The monoisotopic (exact) mass is 355 g/mol. The molecule has 24 heavy (non-hydrogen) atoms. The Balaban J connectivity index is 0.00000288. The van der Waals surface area contributed by atoms with Crippen LogP contribution in [-0.4, -0.2) is 49.1 Å². The molecule has 1 aromatic carbocycles. The fraction of sp³-hybridized carbons (Fsp3) is 0.611. The van der Waals surface area contributed by atoms with E-state index >= 15 is 0 Å². The SMILES string of the molecule is CC(C)OCc1ccccc1CNC(=O)CN1CCNC[C@H]1C.Cl. The van der Waals surface area contributed by atoms with E-state index in [0.29, 0.717) is 25.7 Å². The minimum Gasteiger partial charge on any atom is -0.374 e. The van der Waals surface area contributed by atoms with Crippen LogP contribution >= 0.6 is 12.4 Å². The topological polar surface area (TPSA) is 53.6 Å². The maximum absolute atomic E-state index is 12.2. The molecule has 2 rings (SSSR count). The zero-order valence-electron chi connectivity index (χ0n) is 14.9. The van der Waals surface area contributed by atoms with E-state index in [1.54, 1.807) is 0 Å². The lowest BCUT2D eigenvalue weighted by Crippen LogP contribution is -2.52. The Labute approximate surface area is 151 Å². The number of rotatable bonds is 7. The molecular formula is C18H30ClN3O2. The molecule has 1 fully saturated rings. The number of ether oxygens (including phenoxy) is 1. The van der Waals surface area contributed by atoms with Gasteiger partial charge in [0, 0.05) is 32.2 Å². The first-order valence-electron chi connectivity index (χ1n) is 8.46. The Hall–Kier alpha value is -1.14. The Kier molecular flexibility index (Phi) is 9.29.